The number of benzene rings is 1. The minimum atomic E-state index is -0.698. The summed E-state index contributed by atoms with van der Waals surface area (Å²) in [6, 6.07) is 5.87. The van der Waals surface area contributed by atoms with Gasteiger partial charge in [-0.2, -0.15) is 4.98 Å². The number of nitrogens with two attached hydrogens (primary N) is 1. The SMILES string of the molecule is COc1ncc2cc(C(=O)Nc3cc(C(=O)N(N)C(C)C4CCCCC4)ccc3Cl)c(=O)[nH]c2n1. The van der Waals surface area contributed by atoms with Gasteiger partial charge in [-0.05, 0) is 49.9 Å². The Bertz CT molecular complexity index is 1320. The van der Waals surface area contributed by atoms with Gasteiger partial charge in [0.2, 0.25) is 0 Å². The molecule has 0 saturated heterocycles. The number of aromatic amines is 1. The van der Waals surface area contributed by atoms with Crippen molar-refractivity contribution in [2.24, 2.45) is 11.8 Å². The summed E-state index contributed by atoms with van der Waals surface area (Å²) in [4.78, 5) is 49.1. The summed E-state index contributed by atoms with van der Waals surface area (Å²) in [5.74, 6) is 5.48. The number of halogens is 1. The molecule has 1 unspecified atom stereocenters. The van der Waals surface area contributed by atoms with E-state index in [9.17, 15) is 14.4 Å². The number of H-pyrrole nitrogens is 1. The van der Waals surface area contributed by atoms with Crippen LogP contribution in [-0.2, 0) is 0 Å². The first-order valence-electron chi connectivity index (χ1n) is 11.4. The second kappa shape index (κ2) is 10.4. The van der Waals surface area contributed by atoms with Crippen LogP contribution in [-0.4, -0.2) is 44.9 Å². The van der Waals surface area contributed by atoms with E-state index in [0.717, 1.165) is 25.7 Å². The molecule has 10 nitrogen and oxygen atoms in total. The molecule has 1 aliphatic carbocycles. The van der Waals surface area contributed by atoms with E-state index in [2.05, 4.69) is 20.3 Å². The molecule has 0 bridgehead atoms. The van der Waals surface area contributed by atoms with E-state index in [1.807, 2.05) is 6.92 Å². The third kappa shape index (κ3) is 5.28. The molecule has 2 amide bonds. The number of ether oxygens (including phenoxy) is 1. The molecule has 4 N–H and O–H groups in total. The largest absolute Gasteiger partial charge is 0.467 e. The molecule has 2 aromatic heterocycles. The summed E-state index contributed by atoms with van der Waals surface area (Å²) in [5.41, 5.74) is -0.104. The van der Waals surface area contributed by atoms with Crippen molar-refractivity contribution in [2.45, 2.75) is 45.1 Å². The van der Waals surface area contributed by atoms with Crippen LogP contribution in [0.2, 0.25) is 5.02 Å². The number of hydrogen-bond donors (Lipinski definition) is 3. The molecule has 3 aromatic rings. The van der Waals surface area contributed by atoms with Crippen molar-refractivity contribution in [2.75, 3.05) is 12.4 Å². The minimum Gasteiger partial charge on any atom is -0.467 e. The van der Waals surface area contributed by atoms with Crippen molar-refractivity contribution >= 4 is 40.1 Å². The number of nitrogens with one attached hydrogen (secondary N) is 2. The number of methoxy groups -OCH3 is 1. The fourth-order valence-electron chi connectivity index (χ4n) is 4.37. The van der Waals surface area contributed by atoms with E-state index in [-0.39, 0.29) is 45.4 Å². The quantitative estimate of drug-likeness (QED) is 0.268. The van der Waals surface area contributed by atoms with Gasteiger partial charge < -0.3 is 15.0 Å². The fourth-order valence-corrected chi connectivity index (χ4v) is 4.53. The number of hydrazine groups is 1. The van der Waals surface area contributed by atoms with E-state index in [1.54, 1.807) is 6.07 Å². The lowest BCUT2D eigenvalue weighted by Crippen LogP contribution is -2.48. The van der Waals surface area contributed by atoms with Crippen molar-refractivity contribution in [1.29, 1.82) is 0 Å². The van der Waals surface area contributed by atoms with Crippen molar-refractivity contribution < 1.29 is 14.3 Å². The van der Waals surface area contributed by atoms with Crippen LogP contribution in [0, 0.1) is 5.92 Å². The lowest BCUT2D eigenvalue weighted by atomic mass is 9.84. The van der Waals surface area contributed by atoms with Crippen LogP contribution in [0.4, 0.5) is 5.69 Å². The van der Waals surface area contributed by atoms with Gasteiger partial charge in [0.15, 0.2) is 0 Å². The summed E-state index contributed by atoms with van der Waals surface area (Å²) >= 11 is 6.27. The first-order valence-corrected chi connectivity index (χ1v) is 11.8. The minimum absolute atomic E-state index is 0.0883. The molecule has 0 radical (unpaired) electrons. The highest BCUT2D eigenvalue weighted by atomic mass is 35.5. The topological polar surface area (TPSA) is 143 Å². The zero-order chi connectivity index (χ0) is 25.1. The standard InChI is InChI=1S/C24H27ClN6O4/c1-13(14-6-4-3-5-7-14)31(26)23(34)15-8-9-18(25)19(11-15)28-21(32)17-10-16-12-27-24(35-2)30-20(16)29-22(17)33/h8-14H,3-7,26H2,1-2H3,(H,28,32)(H,27,29,30,33). The predicted octanol–water partition coefficient (Wildman–Crippen LogP) is 3.52. The van der Waals surface area contributed by atoms with Gasteiger partial charge in [0, 0.05) is 23.2 Å². The molecule has 0 aliphatic heterocycles. The molecule has 2 heterocycles. The molecule has 35 heavy (non-hydrogen) atoms. The maximum atomic E-state index is 13.1. The molecule has 184 valence electrons. The average molecular weight is 499 g/mol. The van der Waals surface area contributed by atoms with Crippen molar-refractivity contribution in [3.05, 3.63) is 57.0 Å². The summed E-state index contributed by atoms with van der Waals surface area (Å²) in [6.07, 6.45) is 7.01. The third-order valence-electron chi connectivity index (χ3n) is 6.47. The molecular formula is C24H27ClN6O4. The molecule has 4 rings (SSSR count). The normalized spacial score (nSPS) is 15.0. The van der Waals surface area contributed by atoms with Crippen LogP contribution in [0.1, 0.15) is 59.7 Å². The summed E-state index contributed by atoms with van der Waals surface area (Å²) < 4.78 is 4.95. The highest BCUT2D eigenvalue weighted by molar-refractivity contribution is 6.34. The van der Waals surface area contributed by atoms with Gasteiger partial charge in [0.25, 0.3) is 17.4 Å². The van der Waals surface area contributed by atoms with E-state index < -0.39 is 11.5 Å². The summed E-state index contributed by atoms with van der Waals surface area (Å²) in [7, 11) is 1.41. The number of pyridine rings is 1. The Balaban J connectivity index is 1.55. The van der Waals surface area contributed by atoms with Gasteiger partial charge in [-0.25, -0.2) is 10.8 Å². The smallest absolute Gasteiger partial charge is 0.318 e. The van der Waals surface area contributed by atoms with Crippen LogP contribution in [0.3, 0.4) is 0 Å². The molecule has 0 spiro atoms. The number of amides is 2. The van der Waals surface area contributed by atoms with E-state index in [4.69, 9.17) is 22.2 Å². The molecule has 1 atom stereocenters. The Hall–Kier alpha value is -3.50. The maximum absolute atomic E-state index is 13.1. The summed E-state index contributed by atoms with van der Waals surface area (Å²) in [5, 5.41) is 4.53. The van der Waals surface area contributed by atoms with Gasteiger partial charge in [0.1, 0.15) is 11.2 Å². The van der Waals surface area contributed by atoms with Crippen molar-refractivity contribution in [3.8, 4) is 6.01 Å². The highest BCUT2D eigenvalue weighted by Crippen LogP contribution is 2.29. The zero-order valence-corrected chi connectivity index (χ0v) is 20.3. The van der Waals surface area contributed by atoms with E-state index in [1.165, 1.54) is 42.9 Å². The summed E-state index contributed by atoms with van der Waals surface area (Å²) in [6.45, 7) is 1.96. The maximum Gasteiger partial charge on any atom is 0.318 e. The number of aromatic nitrogens is 3. The Kier molecular flexibility index (Phi) is 7.32. The molecule has 11 heteroatoms. The lowest BCUT2D eigenvalue weighted by molar-refractivity contribution is 0.0597. The van der Waals surface area contributed by atoms with Crippen LogP contribution < -0.4 is 21.5 Å². The van der Waals surface area contributed by atoms with Crippen LogP contribution >= 0.6 is 11.6 Å². The number of anilines is 1. The Morgan fingerprint density at radius 3 is 2.71 bits per heavy atom. The van der Waals surface area contributed by atoms with Gasteiger partial charge in [0.05, 0.1) is 17.8 Å². The lowest BCUT2D eigenvalue weighted by Gasteiger charge is -2.33. The van der Waals surface area contributed by atoms with Crippen LogP contribution in [0.25, 0.3) is 11.0 Å². The molecule has 1 saturated carbocycles. The van der Waals surface area contributed by atoms with Gasteiger partial charge in [-0.15, -0.1) is 0 Å². The number of carbonyl (C=O) groups is 2. The highest BCUT2D eigenvalue weighted by Gasteiger charge is 2.27. The number of carbonyl (C=O) groups excluding carboxylic acids is 2. The molecular weight excluding hydrogens is 472 g/mol. The predicted molar refractivity (Wildman–Crippen MR) is 133 cm³/mol. The molecule has 1 aliphatic rings. The monoisotopic (exact) mass is 498 g/mol. The molecule has 1 fully saturated rings. The molecule has 1 aromatic carbocycles. The van der Waals surface area contributed by atoms with Crippen molar-refractivity contribution in [1.82, 2.24) is 20.0 Å². The number of nitrogens with zero attached hydrogens (tertiary/aromatic N) is 3. The zero-order valence-electron chi connectivity index (χ0n) is 19.5. The Morgan fingerprint density at radius 1 is 1.26 bits per heavy atom. The fraction of sp³-hybridized carbons (Fsp3) is 0.375. The van der Waals surface area contributed by atoms with E-state index >= 15 is 0 Å². The second-order valence-electron chi connectivity index (χ2n) is 8.67. The Morgan fingerprint density at radius 2 is 2.00 bits per heavy atom. The first-order chi connectivity index (χ1) is 16.8. The van der Waals surface area contributed by atoms with Crippen LogP contribution in [0.5, 0.6) is 6.01 Å². The van der Waals surface area contributed by atoms with Crippen molar-refractivity contribution in [3.63, 3.8) is 0 Å². The average Bonchev–Trinajstić information content (AvgIpc) is 2.88. The van der Waals surface area contributed by atoms with Gasteiger partial charge in [-0.1, -0.05) is 30.9 Å². The Labute approximate surface area is 206 Å². The number of hydrogen-bond acceptors (Lipinski definition) is 7. The second-order valence-corrected chi connectivity index (χ2v) is 9.08. The first kappa shape index (κ1) is 24.6. The van der Waals surface area contributed by atoms with E-state index in [0.29, 0.717) is 11.3 Å². The number of fused-ring (bicyclic) bond motifs is 1. The van der Waals surface area contributed by atoms with Gasteiger partial charge in [-0.3, -0.25) is 19.4 Å². The number of rotatable bonds is 6. The van der Waals surface area contributed by atoms with Gasteiger partial charge >= 0.3 is 6.01 Å². The van der Waals surface area contributed by atoms with Crippen LogP contribution in [0.15, 0.2) is 35.3 Å². The third-order valence-corrected chi connectivity index (χ3v) is 6.79.